The van der Waals surface area contributed by atoms with Crippen LogP contribution in [0.25, 0.3) is 0 Å². The lowest BCUT2D eigenvalue weighted by Gasteiger charge is -2.30. The van der Waals surface area contributed by atoms with E-state index in [0.29, 0.717) is 5.92 Å². The highest BCUT2D eigenvalue weighted by Gasteiger charge is 2.43. The molecule has 0 unspecified atom stereocenters. The van der Waals surface area contributed by atoms with Gasteiger partial charge in [0.25, 0.3) is 0 Å². The van der Waals surface area contributed by atoms with E-state index in [9.17, 15) is 9.90 Å². The molecule has 0 radical (unpaired) electrons. The van der Waals surface area contributed by atoms with Crippen molar-refractivity contribution in [3.05, 3.63) is 35.4 Å². The third kappa shape index (κ3) is 2.71. The monoisotopic (exact) mass is 287 g/mol. The molecule has 2 aliphatic rings. The van der Waals surface area contributed by atoms with Gasteiger partial charge in [-0.3, -0.25) is 4.79 Å². The van der Waals surface area contributed by atoms with E-state index < -0.39 is 11.4 Å². The molecule has 1 aliphatic heterocycles. The lowest BCUT2D eigenvalue weighted by Crippen LogP contribution is -2.33. The number of likely N-dealkylation sites (tertiary alicyclic amines) is 1. The Balaban J connectivity index is 1.87. The summed E-state index contributed by atoms with van der Waals surface area (Å²) in [7, 11) is 2.17. The van der Waals surface area contributed by atoms with E-state index in [0.717, 1.165) is 44.3 Å². The van der Waals surface area contributed by atoms with Crippen molar-refractivity contribution in [3.63, 3.8) is 0 Å². The largest absolute Gasteiger partial charge is 0.481 e. The van der Waals surface area contributed by atoms with Gasteiger partial charge in [-0.25, -0.2) is 0 Å². The van der Waals surface area contributed by atoms with Gasteiger partial charge in [-0.15, -0.1) is 0 Å². The molecule has 0 atom stereocenters. The third-order valence-corrected chi connectivity index (χ3v) is 5.50. The summed E-state index contributed by atoms with van der Waals surface area (Å²) in [5.41, 5.74) is 1.75. The van der Waals surface area contributed by atoms with Crippen LogP contribution >= 0.6 is 0 Å². The molecule has 1 heterocycles. The number of hydrogen-bond donors (Lipinski definition) is 1. The smallest absolute Gasteiger partial charge is 0.314 e. The van der Waals surface area contributed by atoms with Crippen molar-refractivity contribution in [2.24, 2.45) is 0 Å². The van der Waals surface area contributed by atoms with E-state index >= 15 is 0 Å². The molecule has 1 saturated carbocycles. The quantitative estimate of drug-likeness (QED) is 0.926. The molecule has 3 heteroatoms. The van der Waals surface area contributed by atoms with Crippen molar-refractivity contribution in [3.8, 4) is 0 Å². The van der Waals surface area contributed by atoms with Crippen LogP contribution in [0.1, 0.15) is 55.6 Å². The van der Waals surface area contributed by atoms with Crippen LogP contribution in [0, 0.1) is 0 Å². The fraction of sp³-hybridized carbons (Fsp3) is 0.611. The molecule has 0 bridgehead atoms. The highest BCUT2D eigenvalue weighted by Crippen LogP contribution is 2.42. The van der Waals surface area contributed by atoms with Gasteiger partial charge in [0, 0.05) is 0 Å². The van der Waals surface area contributed by atoms with Crippen LogP contribution in [0.2, 0.25) is 0 Å². The summed E-state index contributed by atoms with van der Waals surface area (Å²) in [5.74, 6) is -0.0473. The molecular formula is C18H25NO2. The Kier molecular flexibility index (Phi) is 4.03. The SMILES string of the molecule is CN1CCC(c2cccc(C3(C(=O)O)CCCC3)c2)CC1. The van der Waals surface area contributed by atoms with Crippen molar-refractivity contribution in [2.45, 2.75) is 49.9 Å². The van der Waals surface area contributed by atoms with Gasteiger partial charge in [0.05, 0.1) is 5.41 Å². The van der Waals surface area contributed by atoms with E-state index in [1.807, 2.05) is 6.07 Å². The topological polar surface area (TPSA) is 40.5 Å². The number of rotatable bonds is 3. The molecule has 0 amide bonds. The standard InChI is InChI=1S/C18H25NO2/c1-19-11-7-14(8-12-19)15-5-4-6-16(13-15)18(17(20)21)9-2-3-10-18/h4-6,13-14H,2-3,7-12H2,1H3,(H,20,21). The number of piperidine rings is 1. The molecule has 3 nitrogen and oxygen atoms in total. The second-order valence-corrected chi connectivity index (χ2v) is 6.80. The first kappa shape index (κ1) is 14.6. The van der Waals surface area contributed by atoms with Gasteiger partial charge in [0.1, 0.15) is 0 Å². The molecule has 2 fully saturated rings. The number of carbonyl (C=O) groups is 1. The average Bonchev–Trinajstić information content (AvgIpc) is 2.99. The zero-order chi connectivity index (χ0) is 14.9. The summed E-state index contributed by atoms with van der Waals surface area (Å²) in [5, 5.41) is 9.75. The lowest BCUT2D eigenvalue weighted by molar-refractivity contribution is -0.143. The van der Waals surface area contributed by atoms with Gasteiger partial charge < -0.3 is 10.0 Å². The normalized spacial score (nSPS) is 23.3. The molecule has 1 saturated heterocycles. The molecule has 3 rings (SSSR count). The van der Waals surface area contributed by atoms with Crippen LogP contribution < -0.4 is 0 Å². The van der Waals surface area contributed by atoms with Crippen LogP contribution in [0.3, 0.4) is 0 Å². The average molecular weight is 287 g/mol. The highest BCUT2D eigenvalue weighted by molar-refractivity contribution is 5.81. The molecule has 1 N–H and O–H groups in total. The first-order valence-electron chi connectivity index (χ1n) is 8.14. The molecule has 0 spiro atoms. The van der Waals surface area contributed by atoms with E-state index in [1.165, 1.54) is 18.4 Å². The maximum Gasteiger partial charge on any atom is 0.314 e. The Morgan fingerprint density at radius 1 is 1.24 bits per heavy atom. The molecule has 21 heavy (non-hydrogen) atoms. The summed E-state index contributed by atoms with van der Waals surface area (Å²) in [6.45, 7) is 2.28. The van der Waals surface area contributed by atoms with Crippen molar-refractivity contribution in [1.82, 2.24) is 4.90 Å². The first-order chi connectivity index (χ1) is 10.1. The van der Waals surface area contributed by atoms with Gasteiger partial charge in [0.15, 0.2) is 0 Å². The fourth-order valence-corrected chi connectivity index (χ4v) is 4.04. The Labute approximate surface area is 127 Å². The Morgan fingerprint density at radius 2 is 1.90 bits per heavy atom. The van der Waals surface area contributed by atoms with E-state index in [1.54, 1.807) is 0 Å². The minimum atomic E-state index is -0.638. The number of carboxylic acids is 1. The summed E-state index contributed by atoms with van der Waals surface area (Å²) in [4.78, 5) is 14.2. The predicted octanol–water partition coefficient (Wildman–Crippen LogP) is 3.39. The second-order valence-electron chi connectivity index (χ2n) is 6.80. The van der Waals surface area contributed by atoms with Crippen molar-refractivity contribution in [1.29, 1.82) is 0 Å². The summed E-state index contributed by atoms with van der Waals surface area (Å²) in [6, 6.07) is 8.46. The molecule has 0 aromatic heterocycles. The van der Waals surface area contributed by atoms with Crippen molar-refractivity contribution < 1.29 is 9.90 Å². The van der Waals surface area contributed by atoms with Gasteiger partial charge in [0.2, 0.25) is 0 Å². The van der Waals surface area contributed by atoms with E-state index in [-0.39, 0.29) is 0 Å². The Morgan fingerprint density at radius 3 is 2.52 bits per heavy atom. The molecular weight excluding hydrogens is 262 g/mol. The minimum absolute atomic E-state index is 0.591. The Bertz CT molecular complexity index is 512. The lowest BCUT2D eigenvalue weighted by atomic mass is 9.77. The van der Waals surface area contributed by atoms with Gasteiger partial charge in [-0.05, 0) is 62.9 Å². The first-order valence-corrected chi connectivity index (χ1v) is 8.14. The highest BCUT2D eigenvalue weighted by atomic mass is 16.4. The fourth-order valence-electron chi connectivity index (χ4n) is 4.04. The van der Waals surface area contributed by atoms with Crippen LogP contribution in [0.5, 0.6) is 0 Å². The summed E-state index contributed by atoms with van der Waals surface area (Å²) < 4.78 is 0. The molecule has 114 valence electrons. The molecule has 1 aromatic rings. The zero-order valence-corrected chi connectivity index (χ0v) is 12.8. The van der Waals surface area contributed by atoms with E-state index in [2.05, 4.69) is 30.1 Å². The van der Waals surface area contributed by atoms with Crippen molar-refractivity contribution >= 4 is 5.97 Å². The van der Waals surface area contributed by atoms with Gasteiger partial charge >= 0.3 is 5.97 Å². The van der Waals surface area contributed by atoms with E-state index in [4.69, 9.17) is 0 Å². The minimum Gasteiger partial charge on any atom is -0.481 e. The summed E-state index contributed by atoms with van der Waals surface area (Å²) >= 11 is 0. The molecule has 1 aliphatic carbocycles. The number of benzene rings is 1. The third-order valence-electron chi connectivity index (χ3n) is 5.50. The van der Waals surface area contributed by atoms with Crippen LogP contribution in [-0.2, 0) is 10.2 Å². The summed E-state index contributed by atoms with van der Waals surface area (Å²) in [6.07, 6.45) is 6.01. The van der Waals surface area contributed by atoms with Crippen LogP contribution in [0.15, 0.2) is 24.3 Å². The number of hydrogen-bond acceptors (Lipinski definition) is 2. The maximum atomic E-state index is 11.8. The number of nitrogens with zero attached hydrogens (tertiary/aromatic N) is 1. The maximum absolute atomic E-state index is 11.8. The molecule has 1 aromatic carbocycles. The van der Waals surface area contributed by atoms with Gasteiger partial charge in [-0.2, -0.15) is 0 Å². The van der Waals surface area contributed by atoms with Crippen LogP contribution in [0.4, 0.5) is 0 Å². The zero-order valence-electron chi connectivity index (χ0n) is 12.8. The Hall–Kier alpha value is -1.35. The number of aliphatic carboxylic acids is 1. The van der Waals surface area contributed by atoms with Gasteiger partial charge in [-0.1, -0.05) is 37.1 Å². The second kappa shape index (κ2) is 5.80. The van der Waals surface area contributed by atoms with Crippen molar-refractivity contribution in [2.75, 3.05) is 20.1 Å². The van der Waals surface area contributed by atoms with Crippen LogP contribution in [-0.4, -0.2) is 36.1 Å². The predicted molar refractivity (Wildman–Crippen MR) is 83.7 cm³/mol. The number of carboxylic acid groups (broad SMARTS) is 1.